The topological polar surface area (TPSA) is 119 Å². The standard InChI is InChI=1S/C29H22FN7O3/c1-37-17-18(16-32-37)26-15-22(11-12-31-26)40-27-10-7-19(13-24(27)30)33-29(38)34-28-23-14-21(8-9-25(23)35-36-28)39-20-5-3-2-4-6-20/h2-17H,1H3,(H3,33,34,35,36,38). The van der Waals surface area contributed by atoms with Crippen LogP contribution in [0, 0.1) is 5.82 Å². The van der Waals surface area contributed by atoms with Crippen LogP contribution in [-0.4, -0.2) is 31.0 Å². The molecule has 0 atom stereocenters. The van der Waals surface area contributed by atoms with Crippen LogP contribution in [0.1, 0.15) is 0 Å². The van der Waals surface area contributed by atoms with Crippen molar-refractivity contribution < 1.29 is 18.7 Å². The Morgan fingerprint density at radius 1 is 0.925 bits per heavy atom. The maximum absolute atomic E-state index is 14.9. The van der Waals surface area contributed by atoms with Gasteiger partial charge in [0.15, 0.2) is 17.4 Å². The van der Waals surface area contributed by atoms with Crippen molar-refractivity contribution in [2.75, 3.05) is 10.6 Å². The molecule has 40 heavy (non-hydrogen) atoms. The molecule has 3 aromatic carbocycles. The predicted molar refractivity (Wildman–Crippen MR) is 148 cm³/mol. The molecule has 0 aliphatic carbocycles. The van der Waals surface area contributed by atoms with E-state index in [1.807, 2.05) is 43.6 Å². The molecule has 6 rings (SSSR count). The molecule has 2 amide bonds. The summed E-state index contributed by atoms with van der Waals surface area (Å²) in [7, 11) is 1.81. The van der Waals surface area contributed by atoms with Gasteiger partial charge < -0.3 is 14.8 Å². The van der Waals surface area contributed by atoms with Crippen LogP contribution in [0.25, 0.3) is 22.2 Å². The lowest BCUT2D eigenvalue weighted by Gasteiger charge is -2.10. The van der Waals surface area contributed by atoms with Crippen LogP contribution in [-0.2, 0) is 7.05 Å². The minimum atomic E-state index is -0.648. The number of hydrogen-bond acceptors (Lipinski definition) is 6. The molecule has 0 aliphatic rings. The van der Waals surface area contributed by atoms with Crippen LogP contribution in [0.15, 0.2) is 97.5 Å². The van der Waals surface area contributed by atoms with Gasteiger partial charge in [-0.05, 0) is 48.5 Å². The zero-order valence-electron chi connectivity index (χ0n) is 21.1. The molecule has 3 heterocycles. The maximum atomic E-state index is 14.9. The quantitative estimate of drug-likeness (QED) is 0.209. The van der Waals surface area contributed by atoms with Gasteiger partial charge in [-0.15, -0.1) is 0 Å². The van der Waals surface area contributed by atoms with Gasteiger partial charge in [0, 0.05) is 48.2 Å². The molecule has 0 bridgehead atoms. The van der Waals surface area contributed by atoms with Gasteiger partial charge in [0.1, 0.15) is 17.2 Å². The first kappa shape index (κ1) is 24.6. The van der Waals surface area contributed by atoms with E-state index in [-0.39, 0.29) is 11.4 Å². The fourth-order valence-corrected chi connectivity index (χ4v) is 4.02. The number of halogens is 1. The van der Waals surface area contributed by atoms with Gasteiger partial charge in [-0.2, -0.15) is 10.2 Å². The van der Waals surface area contributed by atoms with Crippen molar-refractivity contribution in [3.05, 3.63) is 103 Å². The number of H-pyrrole nitrogens is 1. The number of ether oxygens (including phenoxy) is 2. The number of aromatic amines is 1. The number of pyridine rings is 1. The first-order valence-electron chi connectivity index (χ1n) is 12.2. The van der Waals surface area contributed by atoms with Crippen LogP contribution in [0.4, 0.5) is 20.7 Å². The summed E-state index contributed by atoms with van der Waals surface area (Å²) in [6.45, 7) is 0. The van der Waals surface area contributed by atoms with Gasteiger partial charge in [-0.1, -0.05) is 18.2 Å². The Labute approximate surface area is 227 Å². The summed E-state index contributed by atoms with van der Waals surface area (Å²) < 4.78 is 28.1. The van der Waals surface area contributed by atoms with Crippen molar-refractivity contribution in [3.8, 4) is 34.3 Å². The Morgan fingerprint density at radius 2 is 1.77 bits per heavy atom. The summed E-state index contributed by atoms with van der Waals surface area (Å²) in [5.41, 5.74) is 2.40. The minimum absolute atomic E-state index is 0.00136. The average Bonchev–Trinajstić information content (AvgIpc) is 3.57. The fourth-order valence-electron chi connectivity index (χ4n) is 4.02. The summed E-state index contributed by atoms with van der Waals surface area (Å²) in [4.78, 5) is 17.0. The Balaban J connectivity index is 1.12. The highest BCUT2D eigenvalue weighted by atomic mass is 19.1. The monoisotopic (exact) mass is 535 g/mol. The first-order chi connectivity index (χ1) is 19.5. The highest BCUT2D eigenvalue weighted by molar-refractivity contribution is 6.04. The molecule has 0 saturated carbocycles. The van der Waals surface area contributed by atoms with E-state index in [0.29, 0.717) is 39.7 Å². The number of para-hydroxylation sites is 1. The van der Waals surface area contributed by atoms with Crippen LogP contribution < -0.4 is 20.1 Å². The molecule has 0 spiro atoms. The number of carbonyl (C=O) groups is 1. The third kappa shape index (κ3) is 5.43. The maximum Gasteiger partial charge on any atom is 0.324 e. The minimum Gasteiger partial charge on any atom is -0.457 e. The van der Waals surface area contributed by atoms with E-state index in [4.69, 9.17) is 9.47 Å². The summed E-state index contributed by atoms with van der Waals surface area (Å²) in [6, 6.07) is 21.6. The van der Waals surface area contributed by atoms with Crippen LogP contribution in [0.5, 0.6) is 23.0 Å². The van der Waals surface area contributed by atoms with Gasteiger partial charge in [0.05, 0.1) is 17.4 Å². The highest BCUT2D eigenvalue weighted by Crippen LogP contribution is 2.30. The molecule has 0 radical (unpaired) electrons. The zero-order valence-corrected chi connectivity index (χ0v) is 21.1. The third-order valence-corrected chi connectivity index (χ3v) is 5.89. The number of anilines is 2. The zero-order chi connectivity index (χ0) is 27.5. The summed E-state index contributed by atoms with van der Waals surface area (Å²) in [5.74, 6) is 1.33. The first-order valence-corrected chi connectivity index (χ1v) is 12.2. The highest BCUT2D eigenvalue weighted by Gasteiger charge is 2.13. The van der Waals surface area contributed by atoms with Crippen LogP contribution in [0.3, 0.4) is 0 Å². The molecule has 11 heteroatoms. The number of benzene rings is 3. The van der Waals surface area contributed by atoms with E-state index in [1.54, 1.807) is 47.4 Å². The molecule has 3 aromatic heterocycles. The number of urea groups is 1. The fraction of sp³-hybridized carbons (Fsp3) is 0.0345. The van der Waals surface area contributed by atoms with E-state index < -0.39 is 11.8 Å². The lowest BCUT2D eigenvalue weighted by molar-refractivity contribution is 0.262. The lowest BCUT2D eigenvalue weighted by Crippen LogP contribution is -2.19. The molecular weight excluding hydrogens is 513 g/mol. The number of aryl methyl sites for hydroxylation is 1. The van der Waals surface area contributed by atoms with Crippen molar-refractivity contribution in [3.63, 3.8) is 0 Å². The second kappa shape index (κ2) is 10.6. The summed E-state index contributed by atoms with van der Waals surface area (Å²) >= 11 is 0. The molecule has 6 aromatic rings. The SMILES string of the molecule is Cn1cc(-c2cc(Oc3ccc(NC(=O)Nc4n[nH]c5ccc(Oc6ccccc6)cc45)cc3F)ccn2)cn1. The van der Waals surface area contributed by atoms with Crippen LogP contribution >= 0.6 is 0 Å². The largest absolute Gasteiger partial charge is 0.457 e. The number of aromatic nitrogens is 5. The molecule has 10 nitrogen and oxygen atoms in total. The molecule has 0 unspecified atom stereocenters. The van der Waals surface area contributed by atoms with E-state index in [9.17, 15) is 9.18 Å². The van der Waals surface area contributed by atoms with Crippen molar-refractivity contribution in [1.29, 1.82) is 0 Å². The number of hydrogen-bond donors (Lipinski definition) is 3. The number of carbonyl (C=O) groups excluding carboxylic acids is 1. The molecule has 0 saturated heterocycles. The number of fused-ring (bicyclic) bond motifs is 1. The molecule has 198 valence electrons. The number of nitrogens with zero attached hydrogens (tertiary/aromatic N) is 4. The van der Waals surface area contributed by atoms with Crippen molar-refractivity contribution in [2.45, 2.75) is 0 Å². The number of nitrogens with one attached hydrogen (secondary N) is 3. The lowest BCUT2D eigenvalue weighted by atomic mass is 10.2. The summed E-state index contributed by atoms with van der Waals surface area (Å²) in [6.07, 6.45) is 5.08. The second-order valence-corrected chi connectivity index (χ2v) is 8.80. The average molecular weight is 536 g/mol. The van der Waals surface area contributed by atoms with Gasteiger partial charge >= 0.3 is 6.03 Å². The third-order valence-electron chi connectivity index (χ3n) is 5.89. The van der Waals surface area contributed by atoms with Crippen LogP contribution in [0.2, 0.25) is 0 Å². The second-order valence-electron chi connectivity index (χ2n) is 8.80. The molecular formula is C29H22FN7O3. The molecule has 0 fully saturated rings. The smallest absolute Gasteiger partial charge is 0.324 e. The summed E-state index contributed by atoms with van der Waals surface area (Å²) in [5, 5.41) is 17.1. The Morgan fingerprint density at radius 3 is 2.58 bits per heavy atom. The molecule has 0 aliphatic heterocycles. The van der Waals surface area contributed by atoms with Gasteiger partial charge in [0.2, 0.25) is 0 Å². The van der Waals surface area contributed by atoms with Gasteiger partial charge in [-0.3, -0.25) is 20.1 Å². The van der Waals surface area contributed by atoms with Crippen molar-refractivity contribution >= 4 is 28.4 Å². The normalized spacial score (nSPS) is 10.8. The Kier molecular flexibility index (Phi) is 6.51. The van der Waals surface area contributed by atoms with Gasteiger partial charge in [0.25, 0.3) is 0 Å². The van der Waals surface area contributed by atoms with Gasteiger partial charge in [-0.25, -0.2) is 9.18 Å². The number of amides is 2. The van der Waals surface area contributed by atoms with E-state index in [1.165, 1.54) is 18.2 Å². The number of rotatable bonds is 7. The molecule has 3 N–H and O–H groups in total. The Hall–Kier alpha value is -5.71. The predicted octanol–water partition coefficient (Wildman–Crippen LogP) is 6.73. The van der Waals surface area contributed by atoms with E-state index in [0.717, 1.165) is 5.56 Å². The van der Waals surface area contributed by atoms with E-state index in [2.05, 4.69) is 30.9 Å². The van der Waals surface area contributed by atoms with E-state index >= 15 is 0 Å². The van der Waals surface area contributed by atoms with Crippen molar-refractivity contribution in [1.82, 2.24) is 25.0 Å². The van der Waals surface area contributed by atoms with Crippen molar-refractivity contribution in [2.24, 2.45) is 7.05 Å². The Bertz CT molecular complexity index is 1820.